The normalized spacial score (nSPS) is 24.0. The topological polar surface area (TPSA) is 55.5 Å². The van der Waals surface area contributed by atoms with Gasteiger partial charge in [-0.25, -0.2) is 0 Å². The van der Waals surface area contributed by atoms with Crippen LogP contribution in [-0.4, -0.2) is 141 Å². The van der Waals surface area contributed by atoms with Crippen LogP contribution in [0.25, 0.3) is 0 Å². The first-order valence-corrected chi connectivity index (χ1v) is 18.8. The molecule has 6 heterocycles. The van der Waals surface area contributed by atoms with Crippen molar-refractivity contribution >= 4 is 9.53 Å². The summed E-state index contributed by atoms with van der Waals surface area (Å²) in [5, 5.41) is 0. The second-order valence-electron chi connectivity index (χ2n) is 12.7. The number of rotatable bonds is 0. The van der Waals surface area contributed by atoms with Crippen LogP contribution in [0.2, 0.25) is 0 Å². The molecule has 0 atom stereocenters. The molecule has 0 aliphatic carbocycles. The van der Waals surface area contributed by atoms with Crippen LogP contribution in [-0.2, 0) is 63.3 Å². The summed E-state index contributed by atoms with van der Waals surface area (Å²) >= 11 is 2.22. The Morgan fingerprint density at radius 1 is 0.457 bits per heavy atom. The summed E-state index contributed by atoms with van der Waals surface area (Å²) in [6.45, 7) is 17.3. The molecule has 11 heteroatoms. The number of halogens is 1. The van der Waals surface area contributed by atoms with Crippen LogP contribution < -0.4 is 9.80 Å². The Hall–Kier alpha value is -0.968. The van der Waals surface area contributed by atoms with E-state index in [9.17, 15) is 0 Å². The van der Waals surface area contributed by atoms with Crippen LogP contribution >= 0.6 is 9.53 Å². The molecule has 6 aliphatic rings. The van der Waals surface area contributed by atoms with Gasteiger partial charge in [0.1, 0.15) is 39.3 Å². The molecule has 1 saturated heterocycles. The Morgan fingerprint density at radius 2 is 0.739 bits per heavy atom. The molecule has 6 bridgehead atoms. The average Bonchev–Trinajstić information content (AvgIpc) is 3.06. The Kier molecular flexibility index (Phi) is 20.8. The van der Waals surface area contributed by atoms with E-state index in [-0.39, 0.29) is 0 Å². The van der Waals surface area contributed by atoms with E-state index < -0.39 is 0 Å². The molecule has 46 heavy (non-hydrogen) atoms. The molecule has 2 N–H and O–H groups in total. The van der Waals surface area contributed by atoms with Crippen LogP contribution in [0.15, 0.2) is 48.5 Å². The minimum atomic E-state index is 0.635. The van der Waals surface area contributed by atoms with Gasteiger partial charge in [-0.3, -0.25) is 0 Å². The fraction of sp³-hybridized carbons (Fsp3) is 0.657. The number of nitrogens with zero attached hydrogens (tertiary/aromatic N) is 3. The van der Waals surface area contributed by atoms with E-state index in [4.69, 9.17) is 18.9 Å². The molecule has 1 fully saturated rings. The first kappa shape index (κ1) is 39.5. The zero-order chi connectivity index (χ0) is 32.8. The van der Waals surface area contributed by atoms with Gasteiger partial charge >= 0.3 is 27.7 Å². The zero-order valence-electron chi connectivity index (χ0n) is 28.4. The quantitative estimate of drug-likeness (QED) is 0.386. The monoisotopic (exact) mass is 754 g/mol. The van der Waals surface area contributed by atoms with E-state index in [1.165, 1.54) is 32.1 Å². The fourth-order valence-corrected chi connectivity index (χ4v) is 5.79. The Labute approximate surface area is 293 Å². The van der Waals surface area contributed by atoms with Crippen LogP contribution in [0.4, 0.5) is 0 Å². The summed E-state index contributed by atoms with van der Waals surface area (Å²) in [5.41, 5.74) is 5.44. The Bertz CT molecular complexity index is 937. The van der Waals surface area contributed by atoms with Crippen LogP contribution in [0.5, 0.6) is 0 Å². The number of hydrogen-bond donors (Lipinski definition) is 2. The SMILES string of the molecule is CN1CCN(C)Cc2ccc(cc2)C[NH+]2CCOCCOCC[NH+](CCOCCOCC2)Cc2ccc(cc2)CN(C)CC1.[Cl][Pd+]. The molecule has 6 aliphatic heterocycles. The van der Waals surface area contributed by atoms with Gasteiger partial charge in [-0.1, -0.05) is 48.5 Å². The van der Waals surface area contributed by atoms with E-state index in [1.54, 1.807) is 0 Å². The first-order valence-electron chi connectivity index (χ1n) is 16.8. The molecule has 0 saturated carbocycles. The number of benzene rings is 2. The number of likely N-dealkylation sites (N-methyl/N-ethyl adjacent to an activating group) is 3. The molecule has 2 aromatic rings. The van der Waals surface area contributed by atoms with Gasteiger partial charge in [0.25, 0.3) is 0 Å². The summed E-state index contributed by atoms with van der Waals surface area (Å²) < 4.78 is 24.0. The first-order chi connectivity index (χ1) is 22.5. The van der Waals surface area contributed by atoms with Gasteiger partial charge < -0.3 is 43.4 Å². The van der Waals surface area contributed by atoms with Gasteiger partial charge in [-0.2, -0.15) is 0 Å². The fourth-order valence-electron chi connectivity index (χ4n) is 5.79. The molecule has 0 amide bonds. The van der Waals surface area contributed by atoms with Crippen molar-refractivity contribution in [3.63, 3.8) is 0 Å². The van der Waals surface area contributed by atoms with Crippen molar-refractivity contribution in [2.24, 2.45) is 0 Å². The molecule has 0 spiro atoms. The second kappa shape index (κ2) is 24.2. The van der Waals surface area contributed by atoms with Crippen LogP contribution in [0.3, 0.4) is 0 Å². The summed E-state index contributed by atoms with van der Waals surface area (Å²) in [4.78, 5) is 10.2. The third kappa shape index (κ3) is 16.9. The van der Waals surface area contributed by atoms with Gasteiger partial charge in [-0.05, 0) is 32.3 Å². The molecule has 0 radical (unpaired) electrons. The molecule has 0 unspecified atom stereocenters. The Morgan fingerprint density at radius 3 is 1.07 bits per heavy atom. The van der Waals surface area contributed by atoms with Crippen molar-refractivity contribution in [2.45, 2.75) is 26.2 Å². The summed E-state index contributed by atoms with van der Waals surface area (Å²) in [5.74, 6) is 0. The summed E-state index contributed by atoms with van der Waals surface area (Å²) in [7, 11) is 11.2. The summed E-state index contributed by atoms with van der Waals surface area (Å²) in [6.07, 6.45) is 0. The average molecular weight is 756 g/mol. The van der Waals surface area contributed by atoms with Crippen molar-refractivity contribution in [1.82, 2.24) is 14.7 Å². The van der Waals surface area contributed by atoms with Gasteiger partial charge in [0.05, 0.1) is 52.9 Å². The molecule has 9 nitrogen and oxygen atoms in total. The van der Waals surface area contributed by atoms with Gasteiger partial charge in [0.2, 0.25) is 0 Å². The third-order valence-electron chi connectivity index (χ3n) is 8.73. The van der Waals surface area contributed by atoms with Crippen molar-refractivity contribution in [2.75, 3.05) is 126 Å². The molecular formula is C35H59ClN5O4Pd+3. The van der Waals surface area contributed by atoms with E-state index in [0.717, 1.165) is 105 Å². The molecule has 2 aromatic carbocycles. The van der Waals surface area contributed by atoms with E-state index >= 15 is 0 Å². The van der Waals surface area contributed by atoms with Gasteiger partial charge in [-0.15, -0.1) is 0 Å². The third-order valence-corrected chi connectivity index (χ3v) is 8.73. The van der Waals surface area contributed by atoms with Crippen LogP contribution in [0, 0.1) is 0 Å². The van der Waals surface area contributed by atoms with Crippen molar-refractivity contribution in [1.29, 1.82) is 0 Å². The maximum absolute atomic E-state index is 5.99. The predicted octanol–water partition coefficient (Wildman–Crippen LogP) is 0.733. The van der Waals surface area contributed by atoms with Crippen molar-refractivity contribution in [3.8, 4) is 0 Å². The standard InChI is InChI=1S/C35H57N5O4.ClH.Pd/c1-36-12-14-37(2)28-32-4-8-34(9-5-32)30-39-16-20-41-24-26-43-22-18-40(19-23-44-27-25-42-21-17-39)31-35-10-6-33(7-11-35)29-38(3)15-13-36;;/h4-11H,12-31H2,1-3H3;1H;/q;;+2/p+1. The Balaban J connectivity index is 0.00000282. The number of ether oxygens (including phenoxy) is 4. The predicted molar refractivity (Wildman–Crippen MR) is 181 cm³/mol. The number of nitrogens with one attached hydrogen (secondary N) is 2. The van der Waals surface area contributed by atoms with Gasteiger partial charge in [0.15, 0.2) is 0 Å². The number of hydrogen-bond acceptors (Lipinski definition) is 7. The van der Waals surface area contributed by atoms with Crippen LogP contribution in [0.1, 0.15) is 22.3 Å². The summed E-state index contributed by atoms with van der Waals surface area (Å²) in [6, 6.07) is 18.3. The second-order valence-corrected chi connectivity index (χ2v) is 12.7. The van der Waals surface area contributed by atoms with Crippen molar-refractivity contribution < 1.29 is 46.9 Å². The molecular weight excluding hydrogens is 696 g/mol. The molecule has 262 valence electrons. The van der Waals surface area contributed by atoms with E-state index in [1.807, 2.05) is 0 Å². The van der Waals surface area contributed by atoms with E-state index in [2.05, 4.69) is 112 Å². The van der Waals surface area contributed by atoms with Crippen molar-refractivity contribution in [3.05, 3.63) is 70.8 Å². The molecule has 8 rings (SSSR count). The zero-order valence-corrected chi connectivity index (χ0v) is 30.7. The number of quaternary nitrogens is 2. The number of fused-ring (bicyclic) bond motifs is 7. The van der Waals surface area contributed by atoms with E-state index in [0.29, 0.717) is 26.4 Å². The van der Waals surface area contributed by atoms with Gasteiger partial charge in [0, 0.05) is 50.4 Å². The minimum absolute atomic E-state index is 0.635. The molecule has 0 aromatic heterocycles. The maximum atomic E-state index is 5.99.